The second kappa shape index (κ2) is 9.28. The Morgan fingerprint density at radius 1 is 1.17 bits per heavy atom. The Morgan fingerprint density at radius 3 is 2.53 bits per heavy atom. The number of carbonyl (C=O) groups is 3. The molecule has 0 spiro atoms. The predicted molar refractivity (Wildman–Crippen MR) is 116 cm³/mol. The summed E-state index contributed by atoms with van der Waals surface area (Å²) in [5, 5.41) is 8.23. The van der Waals surface area contributed by atoms with Crippen LogP contribution in [0.1, 0.15) is 45.1 Å². The highest BCUT2D eigenvalue weighted by atomic mass is 16.5. The van der Waals surface area contributed by atoms with Crippen LogP contribution in [-0.2, 0) is 25.5 Å². The number of fused-ring (bicyclic) bond motifs is 1. The van der Waals surface area contributed by atoms with Gasteiger partial charge in [-0.2, -0.15) is 0 Å². The zero-order chi connectivity index (χ0) is 21.7. The van der Waals surface area contributed by atoms with Crippen LogP contribution in [0.4, 0.5) is 0 Å². The van der Waals surface area contributed by atoms with E-state index in [0.29, 0.717) is 25.7 Å². The van der Waals surface area contributed by atoms with Crippen molar-refractivity contribution < 1.29 is 19.1 Å². The van der Waals surface area contributed by atoms with Gasteiger partial charge in [0.2, 0.25) is 11.8 Å². The van der Waals surface area contributed by atoms with Crippen molar-refractivity contribution in [3.05, 3.63) is 48.0 Å². The summed E-state index contributed by atoms with van der Waals surface area (Å²) in [6.07, 6.45) is 2.57. The zero-order valence-electron chi connectivity index (χ0n) is 17.9. The fraction of sp³-hybridized carbons (Fsp3) is 0.458. The van der Waals surface area contributed by atoms with E-state index in [1.807, 2.05) is 26.0 Å². The quantitative estimate of drug-likeness (QED) is 0.655. The number of amides is 2. The number of hydrogen-bond donors (Lipinski definition) is 2. The molecule has 1 fully saturated rings. The number of methoxy groups -OCH3 is 1. The van der Waals surface area contributed by atoms with Crippen LogP contribution in [0, 0.1) is 5.92 Å². The number of nitrogens with one attached hydrogen (secondary N) is 2. The molecule has 0 saturated carbocycles. The molecule has 1 aliphatic rings. The molecule has 0 aromatic heterocycles. The minimum Gasteiger partial charge on any atom is -0.467 e. The van der Waals surface area contributed by atoms with Gasteiger partial charge in [-0.05, 0) is 41.5 Å². The van der Waals surface area contributed by atoms with Gasteiger partial charge in [0.1, 0.15) is 6.04 Å². The van der Waals surface area contributed by atoms with Gasteiger partial charge in [0, 0.05) is 18.4 Å². The van der Waals surface area contributed by atoms with Crippen LogP contribution < -0.4 is 10.6 Å². The first-order valence-electron chi connectivity index (χ1n) is 10.5. The van der Waals surface area contributed by atoms with Gasteiger partial charge in [-0.1, -0.05) is 56.3 Å². The molecule has 1 aliphatic heterocycles. The summed E-state index contributed by atoms with van der Waals surface area (Å²) in [6, 6.07) is 13.8. The number of rotatable bonds is 8. The van der Waals surface area contributed by atoms with Crippen LogP contribution in [-0.4, -0.2) is 36.5 Å². The maximum Gasteiger partial charge on any atom is 0.328 e. The van der Waals surface area contributed by atoms with Crippen molar-refractivity contribution in [3.63, 3.8) is 0 Å². The van der Waals surface area contributed by atoms with E-state index in [4.69, 9.17) is 4.74 Å². The van der Waals surface area contributed by atoms with Gasteiger partial charge in [0.05, 0.1) is 7.11 Å². The summed E-state index contributed by atoms with van der Waals surface area (Å²) in [5.41, 5.74) is 0.682. The largest absolute Gasteiger partial charge is 0.467 e. The average Bonchev–Trinajstić information content (AvgIpc) is 3.10. The Hall–Kier alpha value is -2.89. The summed E-state index contributed by atoms with van der Waals surface area (Å²) in [5.74, 6) is -0.707. The second-order valence-corrected chi connectivity index (χ2v) is 8.50. The normalized spacial score (nSPS) is 19.5. The lowest BCUT2D eigenvalue weighted by Crippen LogP contribution is -2.47. The first kappa shape index (κ1) is 21.8. The maximum atomic E-state index is 12.6. The van der Waals surface area contributed by atoms with Gasteiger partial charge < -0.3 is 15.4 Å². The van der Waals surface area contributed by atoms with E-state index in [2.05, 4.69) is 41.0 Å². The molecule has 160 valence electrons. The van der Waals surface area contributed by atoms with E-state index in [9.17, 15) is 14.4 Å². The van der Waals surface area contributed by atoms with Gasteiger partial charge >= 0.3 is 5.97 Å². The van der Waals surface area contributed by atoms with Gasteiger partial charge in [0.15, 0.2) is 0 Å². The van der Waals surface area contributed by atoms with Crippen LogP contribution in [0.5, 0.6) is 0 Å². The third kappa shape index (κ3) is 5.17. The lowest BCUT2D eigenvalue weighted by Gasteiger charge is -2.30. The van der Waals surface area contributed by atoms with Crippen LogP contribution >= 0.6 is 0 Å². The predicted octanol–water partition coefficient (Wildman–Crippen LogP) is 3.13. The molecule has 30 heavy (non-hydrogen) atoms. The molecule has 2 N–H and O–H groups in total. The Morgan fingerprint density at radius 2 is 1.90 bits per heavy atom. The number of hydrogen-bond acceptors (Lipinski definition) is 4. The second-order valence-electron chi connectivity index (χ2n) is 8.50. The van der Waals surface area contributed by atoms with Crippen LogP contribution in [0.3, 0.4) is 0 Å². The Balaban J connectivity index is 1.70. The lowest BCUT2D eigenvalue weighted by molar-refractivity contribution is -0.146. The molecular weight excluding hydrogens is 380 g/mol. The number of benzene rings is 2. The van der Waals surface area contributed by atoms with Crippen molar-refractivity contribution in [3.8, 4) is 0 Å². The molecule has 1 heterocycles. The summed E-state index contributed by atoms with van der Waals surface area (Å²) >= 11 is 0. The smallest absolute Gasteiger partial charge is 0.328 e. The zero-order valence-corrected chi connectivity index (χ0v) is 17.9. The fourth-order valence-electron chi connectivity index (χ4n) is 4.14. The highest BCUT2D eigenvalue weighted by Crippen LogP contribution is 2.30. The van der Waals surface area contributed by atoms with E-state index in [0.717, 1.165) is 10.9 Å². The molecule has 2 atom stereocenters. The minimum absolute atomic E-state index is 0.0193. The van der Waals surface area contributed by atoms with Gasteiger partial charge in [0.25, 0.3) is 0 Å². The van der Waals surface area contributed by atoms with Gasteiger partial charge in [-0.15, -0.1) is 0 Å². The fourth-order valence-corrected chi connectivity index (χ4v) is 4.14. The van der Waals surface area contributed by atoms with Crippen molar-refractivity contribution in [2.45, 2.75) is 57.5 Å². The monoisotopic (exact) mass is 410 g/mol. The van der Waals surface area contributed by atoms with E-state index in [1.54, 1.807) is 0 Å². The third-order valence-corrected chi connectivity index (χ3v) is 5.86. The first-order valence-corrected chi connectivity index (χ1v) is 10.5. The molecule has 1 saturated heterocycles. The molecule has 2 amide bonds. The third-order valence-electron chi connectivity index (χ3n) is 5.86. The van der Waals surface area contributed by atoms with Crippen LogP contribution in [0.25, 0.3) is 10.8 Å². The van der Waals surface area contributed by atoms with Crippen LogP contribution in [0.15, 0.2) is 42.5 Å². The summed E-state index contributed by atoms with van der Waals surface area (Å²) in [4.78, 5) is 36.5. The molecule has 0 aliphatic carbocycles. The number of carbonyl (C=O) groups excluding carboxylic acids is 3. The topological polar surface area (TPSA) is 84.5 Å². The number of ether oxygens (including phenoxy) is 1. The molecule has 3 rings (SSSR count). The van der Waals surface area contributed by atoms with Crippen molar-refractivity contribution in [1.29, 1.82) is 0 Å². The van der Waals surface area contributed by atoms with Gasteiger partial charge in [-0.3, -0.25) is 9.59 Å². The molecule has 0 bridgehead atoms. The Kier molecular flexibility index (Phi) is 6.75. The van der Waals surface area contributed by atoms with E-state index < -0.39 is 17.6 Å². The molecule has 2 aromatic rings. The number of esters is 1. The summed E-state index contributed by atoms with van der Waals surface area (Å²) < 4.78 is 4.79. The summed E-state index contributed by atoms with van der Waals surface area (Å²) in [6.45, 7) is 3.72. The van der Waals surface area contributed by atoms with Crippen molar-refractivity contribution in [1.82, 2.24) is 10.6 Å². The molecule has 0 unspecified atom stereocenters. The molecule has 0 radical (unpaired) electrons. The molecule has 6 nitrogen and oxygen atoms in total. The van der Waals surface area contributed by atoms with Crippen molar-refractivity contribution >= 4 is 28.6 Å². The molecule has 6 heteroatoms. The maximum absolute atomic E-state index is 12.6. The highest BCUT2D eigenvalue weighted by molar-refractivity contribution is 5.85. The van der Waals surface area contributed by atoms with E-state index in [-0.39, 0.29) is 24.2 Å². The Labute approximate surface area is 177 Å². The van der Waals surface area contributed by atoms with Crippen molar-refractivity contribution in [2.75, 3.05) is 7.11 Å². The molecule has 2 aromatic carbocycles. The SMILES string of the molecule is COC(=O)[C@@H](NC(=O)CC[C@]1(Cc2ccc3ccccc3c2)CCC(=O)N1)C(C)C. The standard InChI is InChI=1S/C24H30N2O4/c1-16(2)22(23(29)30-3)25-20(27)10-12-24(13-11-21(28)26-24)15-17-8-9-18-6-4-5-7-19(18)14-17/h4-9,14,16,22H,10-13,15H2,1-3H3,(H,25,27)(H,26,28)/t22-,24+/m0/s1. The minimum atomic E-state index is -0.669. The van der Waals surface area contributed by atoms with Gasteiger partial charge in [-0.25, -0.2) is 4.79 Å². The Bertz CT molecular complexity index is 940. The summed E-state index contributed by atoms with van der Waals surface area (Å²) in [7, 11) is 1.32. The van der Waals surface area contributed by atoms with Crippen LogP contribution in [0.2, 0.25) is 0 Å². The van der Waals surface area contributed by atoms with Crippen molar-refractivity contribution in [2.24, 2.45) is 5.92 Å². The first-order chi connectivity index (χ1) is 14.3. The lowest BCUT2D eigenvalue weighted by atomic mass is 9.84. The average molecular weight is 411 g/mol. The van der Waals surface area contributed by atoms with E-state index in [1.165, 1.54) is 12.5 Å². The molecular formula is C24H30N2O4. The highest BCUT2D eigenvalue weighted by Gasteiger charge is 2.38. The van der Waals surface area contributed by atoms with E-state index >= 15 is 0 Å².